The summed E-state index contributed by atoms with van der Waals surface area (Å²) in [7, 11) is 1.99. The van der Waals surface area contributed by atoms with Crippen LogP contribution in [0.25, 0.3) is 21.8 Å². The van der Waals surface area contributed by atoms with E-state index in [9.17, 15) is 4.79 Å². The highest BCUT2D eigenvalue weighted by molar-refractivity contribution is 5.97. The van der Waals surface area contributed by atoms with Gasteiger partial charge in [-0.1, -0.05) is 42.5 Å². The van der Waals surface area contributed by atoms with Gasteiger partial charge in [0.25, 0.3) is 5.91 Å². The van der Waals surface area contributed by atoms with E-state index in [2.05, 4.69) is 46.7 Å². The van der Waals surface area contributed by atoms with Crippen molar-refractivity contribution in [3.63, 3.8) is 0 Å². The molecule has 192 valence electrons. The van der Waals surface area contributed by atoms with Crippen LogP contribution in [-0.4, -0.2) is 37.7 Å². The summed E-state index contributed by atoms with van der Waals surface area (Å²) in [6.45, 7) is 2.47. The lowest BCUT2D eigenvalue weighted by atomic mass is 9.87. The van der Waals surface area contributed by atoms with Crippen LogP contribution in [0.15, 0.2) is 60.7 Å². The van der Waals surface area contributed by atoms with Crippen molar-refractivity contribution in [2.45, 2.75) is 39.0 Å². The Morgan fingerprint density at radius 2 is 1.97 bits per heavy atom. The van der Waals surface area contributed by atoms with E-state index in [0.717, 1.165) is 65.5 Å². The molecule has 0 aliphatic heterocycles. The maximum atomic E-state index is 13.0. The summed E-state index contributed by atoms with van der Waals surface area (Å²) in [5, 5.41) is 13.5. The summed E-state index contributed by atoms with van der Waals surface area (Å²) >= 11 is 0. The van der Waals surface area contributed by atoms with Crippen LogP contribution in [0.4, 0.5) is 0 Å². The fraction of sp³-hybridized carbons (Fsp3) is 0.290. The largest absolute Gasteiger partial charge is 0.352 e. The molecule has 7 nitrogen and oxygen atoms in total. The van der Waals surface area contributed by atoms with Crippen LogP contribution in [0, 0.1) is 11.3 Å². The van der Waals surface area contributed by atoms with Crippen LogP contribution in [-0.2, 0) is 32.7 Å². The predicted octanol–water partition coefficient (Wildman–Crippen LogP) is 5.16. The van der Waals surface area contributed by atoms with Crippen LogP contribution in [0.5, 0.6) is 0 Å². The van der Waals surface area contributed by atoms with Crippen molar-refractivity contribution in [1.29, 1.82) is 5.41 Å². The molecular formula is C31H32N6O. The first-order valence-electron chi connectivity index (χ1n) is 13.3. The topological polar surface area (TPSA) is 99.4 Å². The van der Waals surface area contributed by atoms with Crippen molar-refractivity contribution >= 4 is 33.4 Å². The number of carbonyl (C=O) groups is 1. The summed E-state index contributed by atoms with van der Waals surface area (Å²) in [4.78, 5) is 26.1. The van der Waals surface area contributed by atoms with Gasteiger partial charge in [0.2, 0.25) is 0 Å². The molecule has 1 amide bonds. The third kappa shape index (κ3) is 4.60. The maximum absolute atomic E-state index is 13.0. The van der Waals surface area contributed by atoms with E-state index in [4.69, 9.17) is 15.4 Å². The van der Waals surface area contributed by atoms with Crippen molar-refractivity contribution in [3.05, 3.63) is 94.8 Å². The van der Waals surface area contributed by atoms with Gasteiger partial charge in [0.1, 0.15) is 11.6 Å². The molecule has 2 aromatic heterocycles. The van der Waals surface area contributed by atoms with Gasteiger partial charge in [-0.05, 0) is 67.1 Å². The second-order valence-electron chi connectivity index (χ2n) is 10.3. The zero-order chi connectivity index (χ0) is 26.2. The number of aromatic nitrogens is 4. The lowest BCUT2D eigenvalue weighted by Crippen LogP contribution is -2.25. The zero-order valence-electron chi connectivity index (χ0n) is 21.8. The lowest BCUT2D eigenvalue weighted by molar-refractivity contribution is 0.0954. The van der Waals surface area contributed by atoms with E-state index in [1.165, 1.54) is 16.3 Å². The van der Waals surface area contributed by atoms with Crippen molar-refractivity contribution in [1.82, 2.24) is 24.8 Å². The summed E-state index contributed by atoms with van der Waals surface area (Å²) in [6.07, 6.45) is 4.14. The number of fused-ring (bicyclic) bond motifs is 3. The Morgan fingerprint density at radius 1 is 1.13 bits per heavy atom. The predicted molar refractivity (Wildman–Crippen MR) is 151 cm³/mol. The fourth-order valence-electron chi connectivity index (χ4n) is 5.61. The molecule has 6 rings (SSSR count). The highest BCUT2D eigenvalue weighted by atomic mass is 16.1. The highest BCUT2D eigenvalue weighted by Gasteiger charge is 2.24. The van der Waals surface area contributed by atoms with Crippen LogP contribution >= 0.6 is 0 Å². The summed E-state index contributed by atoms with van der Waals surface area (Å²) in [5.74, 6) is 2.04. The number of nitrogens with one attached hydrogen (secondary N) is 3. The molecule has 3 aromatic carbocycles. The number of H-pyrrole nitrogens is 1. The number of imidazole rings is 2. The van der Waals surface area contributed by atoms with Gasteiger partial charge in [-0.3, -0.25) is 4.79 Å². The van der Waals surface area contributed by atoms with Crippen molar-refractivity contribution in [2.75, 3.05) is 6.54 Å². The third-order valence-electron chi connectivity index (χ3n) is 7.83. The van der Waals surface area contributed by atoms with Gasteiger partial charge in [-0.15, -0.1) is 0 Å². The molecule has 7 heteroatoms. The number of benzene rings is 3. The monoisotopic (exact) mass is 504 g/mol. The molecule has 0 fully saturated rings. The van der Waals surface area contributed by atoms with E-state index < -0.39 is 0 Å². The Hall–Kier alpha value is -4.26. The Labute approximate surface area is 221 Å². The lowest BCUT2D eigenvalue weighted by Gasteiger charge is -2.19. The molecule has 38 heavy (non-hydrogen) atoms. The first kappa shape index (κ1) is 24.1. The standard InChI is InChI=1S/C31H32N6O/c1-19(32)22-10-12-25-27(16-22)35-29(34-25)18-30-36-26-13-11-23(17-28(26)37(30)2)31(38)33-15-14-21-8-5-7-20-6-3-4-9-24(20)21/h3-9,11,13,17,22,32H,10,12,14-16,18H2,1-2H3,(H,33,38)(H,34,35). The molecule has 1 aliphatic carbocycles. The Kier molecular flexibility index (Phi) is 6.27. The molecule has 0 saturated carbocycles. The second-order valence-corrected chi connectivity index (χ2v) is 10.3. The van der Waals surface area contributed by atoms with Crippen molar-refractivity contribution in [3.8, 4) is 0 Å². The van der Waals surface area contributed by atoms with Gasteiger partial charge in [-0.2, -0.15) is 0 Å². The number of amides is 1. The highest BCUT2D eigenvalue weighted by Crippen LogP contribution is 2.26. The first-order valence-corrected chi connectivity index (χ1v) is 13.3. The minimum Gasteiger partial charge on any atom is -0.352 e. The van der Waals surface area contributed by atoms with Crippen molar-refractivity contribution in [2.24, 2.45) is 13.0 Å². The fourth-order valence-corrected chi connectivity index (χ4v) is 5.61. The van der Waals surface area contributed by atoms with E-state index in [1.54, 1.807) is 0 Å². The van der Waals surface area contributed by atoms with Crippen molar-refractivity contribution < 1.29 is 4.79 Å². The number of aromatic amines is 1. The average Bonchev–Trinajstić information content (AvgIpc) is 3.47. The van der Waals surface area contributed by atoms with Gasteiger partial charge in [0.15, 0.2) is 0 Å². The molecule has 0 saturated heterocycles. The van der Waals surface area contributed by atoms with Gasteiger partial charge in [0, 0.05) is 36.5 Å². The number of nitrogens with zero attached hydrogens (tertiary/aromatic N) is 3. The smallest absolute Gasteiger partial charge is 0.251 e. The van der Waals surface area contributed by atoms with Crippen LogP contribution in [0.3, 0.4) is 0 Å². The Bertz CT molecular complexity index is 1670. The second kappa shape index (κ2) is 9.89. The summed E-state index contributed by atoms with van der Waals surface area (Å²) in [6, 6.07) is 20.3. The Balaban J connectivity index is 1.14. The molecule has 0 radical (unpaired) electrons. The minimum absolute atomic E-state index is 0.0790. The van der Waals surface area contributed by atoms with E-state index in [1.807, 2.05) is 42.8 Å². The van der Waals surface area contributed by atoms with Gasteiger partial charge in [-0.25, -0.2) is 9.97 Å². The van der Waals surface area contributed by atoms with Gasteiger partial charge < -0.3 is 20.3 Å². The molecule has 5 aromatic rings. The molecule has 1 unspecified atom stereocenters. The Morgan fingerprint density at radius 3 is 2.84 bits per heavy atom. The molecule has 2 heterocycles. The quantitative estimate of drug-likeness (QED) is 0.267. The SMILES string of the molecule is CC(=N)C1CCc2nc(Cc3nc4ccc(C(=O)NCCc5cccc6ccccc56)cc4n3C)[nH]c2C1. The first-order chi connectivity index (χ1) is 18.5. The number of aryl methyl sites for hydroxylation is 2. The number of carbonyl (C=O) groups excluding carboxylic acids is 1. The molecule has 1 aliphatic rings. The molecule has 1 atom stereocenters. The summed E-state index contributed by atoms with van der Waals surface area (Å²) < 4.78 is 2.05. The minimum atomic E-state index is -0.0790. The zero-order valence-corrected chi connectivity index (χ0v) is 21.8. The molecule has 0 spiro atoms. The molecule has 3 N–H and O–H groups in total. The molecular weight excluding hydrogens is 472 g/mol. The van der Waals surface area contributed by atoms with Gasteiger partial charge >= 0.3 is 0 Å². The van der Waals surface area contributed by atoms with Crippen LogP contribution in [0.1, 0.15) is 52.3 Å². The maximum Gasteiger partial charge on any atom is 0.251 e. The van der Waals surface area contributed by atoms with Crippen LogP contribution in [0.2, 0.25) is 0 Å². The molecule has 0 bridgehead atoms. The normalized spacial score (nSPS) is 15.1. The number of hydrogen-bond acceptors (Lipinski definition) is 4. The van der Waals surface area contributed by atoms with Gasteiger partial charge in [0.05, 0.1) is 23.1 Å². The van der Waals surface area contributed by atoms with E-state index in [-0.39, 0.29) is 5.91 Å². The van der Waals surface area contributed by atoms with E-state index >= 15 is 0 Å². The third-order valence-corrected chi connectivity index (χ3v) is 7.83. The number of rotatable bonds is 7. The average molecular weight is 505 g/mol. The summed E-state index contributed by atoms with van der Waals surface area (Å²) in [5.41, 5.74) is 6.69. The number of hydrogen-bond donors (Lipinski definition) is 3. The van der Waals surface area contributed by atoms with Crippen LogP contribution < -0.4 is 5.32 Å². The van der Waals surface area contributed by atoms with E-state index in [0.29, 0.717) is 24.4 Å².